The van der Waals surface area contributed by atoms with Gasteiger partial charge in [-0.15, -0.1) is 0 Å². The van der Waals surface area contributed by atoms with Crippen LogP contribution < -0.4 is 5.32 Å². The van der Waals surface area contributed by atoms with E-state index >= 15 is 0 Å². The van der Waals surface area contributed by atoms with Gasteiger partial charge in [-0.2, -0.15) is 0 Å². The Morgan fingerprint density at radius 2 is 2.19 bits per heavy atom. The monoisotopic (exact) mass is 285 g/mol. The highest BCUT2D eigenvalue weighted by atomic mass is 16.5. The number of benzene rings is 1. The van der Waals surface area contributed by atoms with E-state index in [0.717, 1.165) is 18.8 Å². The molecule has 1 aromatic carbocycles. The maximum absolute atomic E-state index is 5.18. The number of rotatable bonds is 5. The lowest BCUT2D eigenvalue weighted by Gasteiger charge is -2.27. The van der Waals surface area contributed by atoms with Crippen molar-refractivity contribution >= 4 is 5.95 Å². The molecule has 1 heterocycles. The zero-order valence-corrected chi connectivity index (χ0v) is 12.7. The molecular formula is C17H23N3O. The first-order valence-electron chi connectivity index (χ1n) is 7.63. The van der Waals surface area contributed by atoms with Gasteiger partial charge < -0.3 is 14.6 Å². The molecule has 0 saturated heterocycles. The van der Waals surface area contributed by atoms with Crippen LogP contribution in [-0.2, 0) is 17.6 Å². The fourth-order valence-electron chi connectivity index (χ4n) is 3.15. The number of nitrogens with one attached hydrogen (secondary N) is 1. The first-order valence-corrected chi connectivity index (χ1v) is 7.63. The highest BCUT2D eigenvalue weighted by Gasteiger charge is 2.21. The molecule has 3 rings (SSSR count). The van der Waals surface area contributed by atoms with E-state index in [0.29, 0.717) is 12.6 Å². The molecule has 0 spiro atoms. The number of nitrogens with zero attached hydrogens (tertiary/aromatic N) is 2. The molecule has 2 atom stereocenters. The zero-order chi connectivity index (χ0) is 14.7. The molecule has 1 N–H and O–H groups in total. The summed E-state index contributed by atoms with van der Waals surface area (Å²) in [5, 5.41) is 3.44. The van der Waals surface area contributed by atoms with Crippen LogP contribution in [0.1, 0.15) is 30.5 Å². The molecule has 1 aliphatic carbocycles. The Bertz CT molecular complexity index is 593. The number of aromatic nitrogens is 2. The molecule has 1 aliphatic rings. The van der Waals surface area contributed by atoms with Gasteiger partial charge in [0.15, 0.2) is 0 Å². The van der Waals surface area contributed by atoms with E-state index in [-0.39, 0.29) is 6.04 Å². The predicted octanol–water partition coefficient (Wildman–Crippen LogP) is 3.06. The lowest BCUT2D eigenvalue weighted by Crippen LogP contribution is -2.25. The lowest BCUT2D eigenvalue weighted by molar-refractivity contribution is 0.190. The average Bonchev–Trinajstić information content (AvgIpc) is 2.95. The Kier molecular flexibility index (Phi) is 4.25. The van der Waals surface area contributed by atoms with Crippen molar-refractivity contribution in [1.82, 2.24) is 9.55 Å². The van der Waals surface area contributed by atoms with Gasteiger partial charge in [-0.25, -0.2) is 4.98 Å². The molecule has 0 bridgehead atoms. The van der Waals surface area contributed by atoms with Crippen LogP contribution in [0, 0.1) is 0 Å². The lowest BCUT2D eigenvalue weighted by atomic mass is 9.88. The van der Waals surface area contributed by atoms with Gasteiger partial charge in [-0.1, -0.05) is 24.3 Å². The van der Waals surface area contributed by atoms with E-state index in [2.05, 4.69) is 52.3 Å². The molecule has 0 aliphatic heterocycles. The Hall–Kier alpha value is -1.81. The molecule has 0 radical (unpaired) electrons. The largest absolute Gasteiger partial charge is 0.383 e. The molecule has 1 aromatic heterocycles. The minimum absolute atomic E-state index is 0.257. The Morgan fingerprint density at radius 1 is 1.38 bits per heavy atom. The molecule has 4 nitrogen and oxygen atoms in total. The summed E-state index contributed by atoms with van der Waals surface area (Å²) >= 11 is 0. The molecule has 0 saturated carbocycles. The van der Waals surface area contributed by atoms with Crippen LogP contribution in [0.5, 0.6) is 0 Å². The zero-order valence-electron chi connectivity index (χ0n) is 12.7. The van der Waals surface area contributed by atoms with Crippen molar-refractivity contribution in [1.29, 1.82) is 0 Å². The predicted molar refractivity (Wildman–Crippen MR) is 84.7 cm³/mol. The number of fused-ring (bicyclic) bond motifs is 1. The van der Waals surface area contributed by atoms with E-state index in [9.17, 15) is 0 Å². The third-order valence-electron chi connectivity index (χ3n) is 4.18. The van der Waals surface area contributed by atoms with E-state index in [1.54, 1.807) is 7.11 Å². The summed E-state index contributed by atoms with van der Waals surface area (Å²) in [4.78, 5) is 4.47. The second-order valence-corrected chi connectivity index (χ2v) is 5.82. The molecule has 4 heteroatoms. The van der Waals surface area contributed by atoms with E-state index in [1.165, 1.54) is 17.5 Å². The van der Waals surface area contributed by atoms with Crippen LogP contribution >= 0.6 is 0 Å². The summed E-state index contributed by atoms with van der Waals surface area (Å²) in [5.74, 6) is 0.948. The van der Waals surface area contributed by atoms with Gasteiger partial charge in [0.1, 0.15) is 0 Å². The van der Waals surface area contributed by atoms with Crippen LogP contribution in [-0.4, -0.2) is 29.3 Å². The summed E-state index contributed by atoms with van der Waals surface area (Å²) < 4.78 is 7.46. The van der Waals surface area contributed by atoms with Crippen molar-refractivity contribution in [2.24, 2.45) is 0 Å². The van der Waals surface area contributed by atoms with Crippen LogP contribution in [0.2, 0.25) is 0 Å². The second kappa shape index (κ2) is 6.31. The quantitative estimate of drug-likeness (QED) is 0.917. The van der Waals surface area contributed by atoms with Crippen molar-refractivity contribution in [3.05, 3.63) is 47.8 Å². The van der Waals surface area contributed by atoms with Crippen molar-refractivity contribution in [3.8, 4) is 0 Å². The Labute approximate surface area is 126 Å². The van der Waals surface area contributed by atoms with Gasteiger partial charge in [0.2, 0.25) is 5.95 Å². The van der Waals surface area contributed by atoms with E-state index in [4.69, 9.17) is 4.74 Å². The molecular weight excluding hydrogens is 262 g/mol. The van der Waals surface area contributed by atoms with Crippen molar-refractivity contribution in [3.63, 3.8) is 0 Å². The van der Waals surface area contributed by atoms with E-state index < -0.39 is 0 Å². The number of methoxy groups -OCH3 is 1. The number of hydrogen-bond acceptors (Lipinski definition) is 3. The summed E-state index contributed by atoms with van der Waals surface area (Å²) in [6.45, 7) is 2.79. The number of imidazole rings is 1. The van der Waals surface area contributed by atoms with Crippen LogP contribution in [0.4, 0.5) is 5.95 Å². The molecule has 0 amide bonds. The average molecular weight is 285 g/mol. The molecule has 21 heavy (non-hydrogen) atoms. The molecule has 112 valence electrons. The van der Waals surface area contributed by atoms with Crippen LogP contribution in [0.15, 0.2) is 36.7 Å². The molecule has 2 unspecified atom stereocenters. The van der Waals surface area contributed by atoms with Crippen molar-refractivity contribution in [2.45, 2.75) is 38.3 Å². The van der Waals surface area contributed by atoms with E-state index in [1.807, 2.05) is 6.20 Å². The Balaban J connectivity index is 1.75. The smallest absolute Gasteiger partial charge is 0.203 e. The van der Waals surface area contributed by atoms with Gasteiger partial charge in [-0.3, -0.25) is 0 Å². The normalized spacial score (nSPS) is 19.0. The minimum Gasteiger partial charge on any atom is -0.383 e. The van der Waals surface area contributed by atoms with Gasteiger partial charge in [0.25, 0.3) is 0 Å². The highest BCUT2D eigenvalue weighted by Crippen LogP contribution is 2.30. The van der Waals surface area contributed by atoms with Gasteiger partial charge in [0, 0.05) is 31.6 Å². The summed E-state index contributed by atoms with van der Waals surface area (Å²) in [6, 6.07) is 9.51. The third-order valence-corrected chi connectivity index (χ3v) is 4.18. The SMILES string of the molecule is COCC(C)Nc1nccn1C1CCc2ccccc2C1. The van der Waals surface area contributed by atoms with Gasteiger partial charge >= 0.3 is 0 Å². The molecule has 0 fully saturated rings. The maximum atomic E-state index is 5.18. The summed E-state index contributed by atoms with van der Waals surface area (Å²) in [5.41, 5.74) is 2.97. The summed E-state index contributed by atoms with van der Waals surface area (Å²) in [6.07, 6.45) is 7.36. The van der Waals surface area contributed by atoms with Gasteiger partial charge in [-0.05, 0) is 37.3 Å². The fourth-order valence-corrected chi connectivity index (χ4v) is 3.15. The maximum Gasteiger partial charge on any atom is 0.203 e. The number of ether oxygens (including phenoxy) is 1. The number of anilines is 1. The van der Waals surface area contributed by atoms with Crippen LogP contribution in [0.25, 0.3) is 0 Å². The Morgan fingerprint density at radius 3 is 3.00 bits per heavy atom. The van der Waals surface area contributed by atoms with Crippen molar-refractivity contribution in [2.75, 3.05) is 19.0 Å². The molecule has 2 aromatic rings. The van der Waals surface area contributed by atoms with Crippen LogP contribution in [0.3, 0.4) is 0 Å². The van der Waals surface area contributed by atoms with Crippen molar-refractivity contribution < 1.29 is 4.74 Å². The number of hydrogen-bond donors (Lipinski definition) is 1. The first kappa shape index (κ1) is 14.1. The fraction of sp³-hybridized carbons (Fsp3) is 0.471. The summed E-state index contributed by atoms with van der Waals surface area (Å²) in [7, 11) is 1.72. The first-order chi connectivity index (χ1) is 10.3. The number of aryl methyl sites for hydroxylation is 1. The minimum atomic E-state index is 0.257. The highest BCUT2D eigenvalue weighted by molar-refractivity contribution is 5.33. The standard InChI is InChI=1S/C17H23N3O/c1-13(12-21-2)19-17-18-9-10-20(17)16-8-7-14-5-3-4-6-15(14)11-16/h3-6,9-10,13,16H,7-8,11-12H2,1-2H3,(H,18,19). The van der Waals surface area contributed by atoms with Gasteiger partial charge in [0.05, 0.1) is 6.61 Å². The second-order valence-electron chi connectivity index (χ2n) is 5.82. The topological polar surface area (TPSA) is 39.1 Å². The third kappa shape index (κ3) is 3.10.